The quantitative estimate of drug-likeness (QED) is 0.486. The molecular weight excluding hydrogens is 408 g/mol. The minimum Gasteiger partial charge on any atom is -0.465 e. The lowest BCUT2D eigenvalue weighted by Gasteiger charge is -2.27. The second kappa shape index (κ2) is 8.30. The van der Waals surface area contributed by atoms with Crippen LogP contribution in [0, 0.1) is 0 Å². The van der Waals surface area contributed by atoms with Gasteiger partial charge in [0.05, 0.1) is 12.7 Å². The number of carbonyl (C=O) groups excluding carboxylic acids is 2. The first kappa shape index (κ1) is 20.0. The molecule has 0 fully saturated rings. The second-order valence-corrected chi connectivity index (χ2v) is 7.77. The zero-order valence-corrected chi connectivity index (χ0v) is 17.6. The lowest BCUT2D eigenvalue weighted by molar-refractivity contribution is -0.132. The van der Waals surface area contributed by atoms with Crippen LogP contribution in [0.2, 0.25) is 0 Å². The summed E-state index contributed by atoms with van der Waals surface area (Å²) in [5.74, 6) is 0.564. The average Bonchev–Trinajstić information content (AvgIpc) is 3.46. The van der Waals surface area contributed by atoms with Gasteiger partial charge in [0.2, 0.25) is 17.7 Å². The molecule has 2 aromatic heterocycles. The molecule has 1 aliphatic rings. The second-order valence-electron chi connectivity index (χ2n) is 7.77. The summed E-state index contributed by atoms with van der Waals surface area (Å²) >= 11 is 0. The molecule has 2 aromatic carbocycles. The first-order valence-corrected chi connectivity index (χ1v) is 10.5. The van der Waals surface area contributed by atoms with Gasteiger partial charge in [-0.3, -0.25) is 4.79 Å². The summed E-state index contributed by atoms with van der Waals surface area (Å²) in [5, 5.41) is 9.11. The number of esters is 1. The van der Waals surface area contributed by atoms with Crippen molar-refractivity contribution in [2.24, 2.45) is 0 Å². The predicted molar refractivity (Wildman–Crippen MR) is 117 cm³/mol. The van der Waals surface area contributed by atoms with Gasteiger partial charge in [-0.1, -0.05) is 18.2 Å². The third-order valence-corrected chi connectivity index (χ3v) is 5.79. The van der Waals surface area contributed by atoms with E-state index in [4.69, 9.17) is 9.15 Å². The third kappa shape index (κ3) is 3.75. The number of nitrogens with zero attached hydrogens (tertiary/aromatic N) is 3. The number of benzene rings is 2. The van der Waals surface area contributed by atoms with Crippen LogP contribution in [0.5, 0.6) is 0 Å². The number of nitrogens with one attached hydrogen (secondary N) is 1. The highest BCUT2D eigenvalue weighted by Gasteiger charge is 2.25. The fourth-order valence-electron chi connectivity index (χ4n) is 4.10. The molecule has 1 amide bonds. The van der Waals surface area contributed by atoms with Gasteiger partial charge < -0.3 is 19.0 Å². The first-order valence-electron chi connectivity index (χ1n) is 10.5. The topological polar surface area (TPSA) is 101 Å². The third-order valence-electron chi connectivity index (χ3n) is 5.79. The van der Waals surface area contributed by atoms with Crippen molar-refractivity contribution in [3.05, 3.63) is 71.2 Å². The van der Waals surface area contributed by atoms with Crippen LogP contribution in [-0.2, 0) is 28.9 Å². The minimum absolute atomic E-state index is 0.0357. The van der Waals surface area contributed by atoms with Crippen molar-refractivity contribution in [1.29, 1.82) is 0 Å². The Bertz CT molecular complexity index is 1290. The van der Waals surface area contributed by atoms with E-state index in [1.165, 1.54) is 7.11 Å². The molecule has 1 N–H and O–H groups in total. The fraction of sp³-hybridized carbons (Fsp3) is 0.250. The Morgan fingerprint density at radius 3 is 2.81 bits per heavy atom. The molecule has 1 aliphatic heterocycles. The van der Waals surface area contributed by atoms with E-state index >= 15 is 0 Å². The molecule has 0 saturated carbocycles. The maximum absolute atomic E-state index is 12.9. The standard InChI is InChI=1S/C24H22N4O4/c1-31-24(30)16-7-8-19-17(13-16)18-14-28(12-11-20(18)25-19)22(29)10-9-21-26-27-23(32-21)15-5-3-2-4-6-15/h2-8,13,25H,9-12,14H2,1H3. The van der Waals surface area contributed by atoms with E-state index in [1.807, 2.05) is 47.4 Å². The molecule has 32 heavy (non-hydrogen) atoms. The van der Waals surface area contributed by atoms with Crippen LogP contribution in [0.4, 0.5) is 0 Å². The van der Waals surface area contributed by atoms with Gasteiger partial charge in [0.1, 0.15) is 0 Å². The number of aromatic nitrogens is 3. The summed E-state index contributed by atoms with van der Waals surface area (Å²) in [6.07, 6.45) is 1.42. The van der Waals surface area contributed by atoms with Gasteiger partial charge in [-0.25, -0.2) is 4.79 Å². The van der Waals surface area contributed by atoms with E-state index < -0.39 is 0 Å². The summed E-state index contributed by atoms with van der Waals surface area (Å²) in [5.41, 5.74) is 4.46. The normalized spacial score (nSPS) is 13.2. The number of fused-ring (bicyclic) bond motifs is 3. The number of amides is 1. The predicted octanol–water partition coefficient (Wildman–Crippen LogP) is 3.52. The van der Waals surface area contributed by atoms with Gasteiger partial charge in [0, 0.05) is 60.1 Å². The fourth-order valence-corrected chi connectivity index (χ4v) is 4.10. The number of carbonyl (C=O) groups is 2. The van der Waals surface area contributed by atoms with Crippen molar-refractivity contribution in [3.63, 3.8) is 0 Å². The van der Waals surface area contributed by atoms with E-state index in [1.54, 1.807) is 6.07 Å². The van der Waals surface area contributed by atoms with Crippen LogP contribution in [0.15, 0.2) is 52.9 Å². The monoisotopic (exact) mass is 430 g/mol. The highest BCUT2D eigenvalue weighted by atomic mass is 16.5. The Hall–Kier alpha value is -3.94. The molecule has 0 radical (unpaired) electrons. The Morgan fingerprint density at radius 1 is 1.16 bits per heavy atom. The van der Waals surface area contributed by atoms with Crippen LogP contribution in [-0.4, -0.2) is 45.6 Å². The van der Waals surface area contributed by atoms with Crippen LogP contribution < -0.4 is 0 Å². The molecule has 0 atom stereocenters. The number of aromatic amines is 1. The Kier molecular flexibility index (Phi) is 5.18. The smallest absolute Gasteiger partial charge is 0.337 e. The molecule has 4 aromatic rings. The van der Waals surface area contributed by atoms with Gasteiger partial charge in [-0.05, 0) is 30.3 Å². The lowest BCUT2D eigenvalue weighted by Crippen LogP contribution is -2.35. The molecule has 3 heterocycles. The highest BCUT2D eigenvalue weighted by Crippen LogP contribution is 2.29. The molecule has 8 nitrogen and oxygen atoms in total. The van der Waals surface area contributed by atoms with Crippen molar-refractivity contribution in [2.45, 2.75) is 25.8 Å². The zero-order valence-electron chi connectivity index (χ0n) is 17.6. The number of hydrogen-bond acceptors (Lipinski definition) is 6. The van der Waals surface area contributed by atoms with E-state index in [0.717, 1.165) is 34.1 Å². The van der Waals surface area contributed by atoms with E-state index in [0.29, 0.717) is 43.3 Å². The van der Waals surface area contributed by atoms with Crippen LogP contribution >= 0.6 is 0 Å². The van der Waals surface area contributed by atoms with Gasteiger partial charge in [0.15, 0.2) is 0 Å². The van der Waals surface area contributed by atoms with Crippen LogP contribution in [0.3, 0.4) is 0 Å². The van der Waals surface area contributed by atoms with Crippen LogP contribution in [0.25, 0.3) is 22.4 Å². The minimum atomic E-state index is -0.375. The summed E-state index contributed by atoms with van der Waals surface area (Å²) in [7, 11) is 1.37. The highest BCUT2D eigenvalue weighted by molar-refractivity contribution is 5.96. The van der Waals surface area contributed by atoms with Crippen LogP contribution in [0.1, 0.15) is 33.9 Å². The molecule has 8 heteroatoms. The number of hydrogen-bond donors (Lipinski definition) is 1. The number of methoxy groups -OCH3 is 1. The molecule has 0 unspecified atom stereocenters. The Labute approximate surface area is 184 Å². The zero-order chi connectivity index (χ0) is 22.1. The van der Waals surface area contributed by atoms with Crippen molar-refractivity contribution in [1.82, 2.24) is 20.1 Å². The average molecular weight is 430 g/mol. The summed E-state index contributed by atoms with van der Waals surface area (Å²) in [6.45, 7) is 1.14. The summed E-state index contributed by atoms with van der Waals surface area (Å²) in [6, 6.07) is 15.0. The molecular formula is C24H22N4O4. The maximum Gasteiger partial charge on any atom is 0.337 e. The lowest BCUT2D eigenvalue weighted by atomic mass is 10.0. The van der Waals surface area contributed by atoms with Gasteiger partial charge in [-0.15, -0.1) is 10.2 Å². The maximum atomic E-state index is 12.9. The van der Waals surface area contributed by atoms with E-state index in [2.05, 4.69) is 15.2 Å². The Balaban J connectivity index is 1.28. The van der Waals surface area contributed by atoms with Crippen molar-refractivity contribution < 1.29 is 18.7 Å². The number of ether oxygens (including phenoxy) is 1. The molecule has 0 saturated heterocycles. The summed E-state index contributed by atoms with van der Waals surface area (Å²) < 4.78 is 10.5. The van der Waals surface area contributed by atoms with Crippen molar-refractivity contribution >= 4 is 22.8 Å². The summed E-state index contributed by atoms with van der Waals surface area (Å²) in [4.78, 5) is 30.1. The van der Waals surface area contributed by atoms with Crippen molar-refractivity contribution in [2.75, 3.05) is 13.7 Å². The van der Waals surface area contributed by atoms with Gasteiger partial charge >= 0.3 is 5.97 Å². The molecule has 5 rings (SSSR count). The van der Waals surface area contributed by atoms with E-state index in [-0.39, 0.29) is 11.9 Å². The van der Waals surface area contributed by atoms with Gasteiger partial charge in [0.25, 0.3) is 0 Å². The van der Waals surface area contributed by atoms with Crippen molar-refractivity contribution in [3.8, 4) is 11.5 Å². The SMILES string of the molecule is COC(=O)c1ccc2[nH]c3c(c2c1)CN(C(=O)CCc1nnc(-c2ccccc2)o1)CC3. The molecule has 0 spiro atoms. The number of rotatable bonds is 5. The number of aryl methyl sites for hydroxylation is 1. The largest absolute Gasteiger partial charge is 0.465 e. The molecule has 0 aliphatic carbocycles. The molecule has 162 valence electrons. The number of H-pyrrole nitrogens is 1. The molecule has 0 bridgehead atoms. The first-order chi connectivity index (χ1) is 15.6. The Morgan fingerprint density at radius 2 is 2.00 bits per heavy atom. The van der Waals surface area contributed by atoms with Gasteiger partial charge in [-0.2, -0.15) is 0 Å². The van der Waals surface area contributed by atoms with E-state index in [9.17, 15) is 9.59 Å².